The lowest BCUT2D eigenvalue weighted by atomic mass is 10.1. The van der Waals surface area contributed by atoms with E-state index in [1.54, 1.807) is 0 Å². The summed E-state index contributed by atoms with van der Waals surface area (Å²) in [6, 6.07) is 0. The number of thioether (sulfide) groups is 1. The van der Waals surface area contributed by atoms with Crippen LogP contribution in [-0.4, -0.2) is 27.8 Å². The van der Waals surface area contributed by atoms with Crippen molar-refractivity contribution in [2.75, 3.05) is 0 Å². The molecule has 1 fully saturated rings. The number of hydrogen-bond acceptors (Lipinski definition) is 4. The fourth-order valence-electron chi connectivity index (χ4n) is 1.34. The minimum atomic E-state index is -4.36. The first-order valence-corrected chi connectivity index (χ1v) is 6.17. The Hall–Kier alpha value is 0.120. The molecule has 0 aromatic heterocycles. The quantitative estimate of drug-likeness (QED) is 0.743. The largest absolute Gasteiger partial charge is 0.694 e. The van der Waals surface area contributed by atoms with E-state index in [1.165, 1.54) is 0 Å². The molecular formula is C6H10F3NO3PS+. The molecule has 15 heavy (non-hydrogen) atoms. The van der Waals surface area contributed by atoms with Gasteiger partial charge in [-0.1, -0.05) is 0 Å². The predicted octanol–water partition coefficient (Wildman–Crippen LogP) is 1.76. The van der Waals surface area contributed by atoms with Gasteiger partial charge in [-0.3, -0.25) is 0 Å². The molecule has 4 nitrogen and oxygen atoms in total. The van der Waals surface area contributed by atoms with Crippen LogP contribution in [0.15, 0.2) is 0 Å². The molecule has 1 aliphatic rings. The predicted molar refractivity (Wildman–Crippen MR) is 49.3 cm³/mol. The topological polar surface area (TPSA) is 72.5 Å². The molecule has 0 aliphatic carbocycles. The third-order valence-electron chi connectivity index (χ3n) is 1.92. The standard InChI is InChI=1S/C6H9F3NO3PS/c7-6(8,9)4-1-3(13-14(11)12)2-5(10)15-4/h3-5H,1-2,10H2/p+1. The number of halogens is 3. The van der Waals surface area contributed by atoms with Gasteiger partial charge in [0.05, 0.1) is 5.37 Å². The van der Waals surface area contributed by atoms with Gasteiger partial charge in [0.2, 0.25) is 0 Å². The molecule has 0 radical (unpaired) electrons. The van der Waals surface area contributed by atoms with Crippen molar-refractivity contribution in [3.8, 4) is 0 Å². The molecule has 88 valence electrons. The second kappa shape index (κ2) is 4.97. The average Bonchev–Trinajstić information content (AvgIpc) is 1.99. The van der Waals surface area contributed by atoms with Gasteiger partial charge in [-0.05, 0) is 6.42 Å². The highest BCUT2D eigenvalue weighted by molar-refractivity contribution is 8.00. The van der Waals surface area contributed by atoms with Gasteiger partial charge in [0.1, 0.15) is 11.4 Å². The molecule has 0 bridgehead atoms. The first-order valence-electron chi connectivity index (χ1n) is 4.09. The van der Waals surface area contributed by atoms with E-state index in [1.807, 2.05) is 0 Å². The van der Waals surface area contributed by atoms with E-state index in [0.29, 0.717) is 11.8 Å². The maximum atomic E-state index is 12.4. The van der Waals surface area contributed by atoms with Crippen LogP contribution in [0.5, 0.6) is 0 Å². The van der Waals surface area contributed by atoms with E-state index in [9.17, 15) is 17.7 Å². The molecule has 0 aromatic rings. The fourth-order valence-corrected chi connectivity index (χ4v) is 3.00. The number of nitrogens with two attached hydrogens (primary N) is 1. The van der Waals surface area contributed by atoms with Crippen molar-refractivity contribution < 1.29 is 27.2 Å². The Balaban J connectivity index is 2.59. The van der Waals surface area contributed by atoms with Crippen LogP contribution in [0.25, 0.3) is 0 Å². The van der Waals surface area contributed by atoms with E-state index in [-0.39, 0.29) is 12.8 Å². The Morgan fingerprint density at radius 2 is 2.07 bits per heavy atom. The third-order valence-corrected chi connectivity index (χ3v) is 3.72. The number of rotatable bonds is 2. The summed E-state index contributed by atoms with van der Waals surface area (Å²) in [5, 5.41) is -2.34. The fraction of sp³-hybridized carbons (Fsp3) is 1.00. The second-order valence-corrected chi connectivity index (χ2v) is 5.27. The Kier molecular flexibility index (Phi) is 4.37. The van der Waals surface area contributed by atoms with Gasteiger partial charge < -0.3 is 5.73 Å². The van der Waals surface area contributed by atoms with E-state index in [2.05, 4.69) is 4.52 Å². The second-order valence-electron chi connectivity index (χ2n) is 3.14. The van der Waals surface area contributed by atoms with E-state index in [4.69, 9.17) is 10.6 Å². The summed E-state index contributed by atoms with van der Waals surface area (Å²) >= 11 is 0.620. The molecule has 3 N–H and O–H groups in total. The normalized spacial score (nSPS) is 33.9. The van der Waals surface area contributed by atoms with Crippen LogP contribution >= 0.6 is 20.0 Å². The van der Waals surface area contributed by atoms with Crippen LogP contribution in [0.1, 0.15) is 12.8 Å². The van der Waals surface area contributed by atoms with Crippen molar-refractivity contribution in [1.82, 2.24) is 0 Å². The van der Waals surface area contributed by atoms with Crippen LogP contribution in [0.2, 0.25) is 0 Å². The van der Waals surface area contributed by atoms with Crippen LogP contribution in [0, 0.1) is 0 Å². The number of alkyl halides is 3. The summed E-state index contributed by atoms with van der Waals surface area (Å²) in [5.41, 5.74) is 5.39. The molecule has 9 heteroatoms. The van der Waals surface area contributed by atoms with Gasteiger partial charge in [-0.2, -0.15) is 13.2 Å². The van der Waals surface area contributed by atoms with Crippen molar-refractivity contribution in [3.05, 3.63) is 0 Å². The smallest absolute Gasteiger partial charge is 0.319 e. The summed E-state index contributed by atoms with van der Waals surface area (Å²) in [7, 11) is -2.88. The summed E-state index contributed by atoms with van der Waals surface area (Å²) in [6.07, 6.45) is -5.44. The van der Waals surface area contributed by atoms with Crippen LogP contribution in [-0.2, 0) is 9.09 Å². The third kappa shape index (κ3) is 4.24. The zero-order valence-corrected chi connectivity index (χ0v) is 9.19. The highest BCUT2D eigenvalue weighted by Gasteiger charge is 2.47. The lowest BCUT2D eigenvalue weighted by molar-refractivity contribution is -0.134. The highest BCUT2D eigenvalue weighted by atomic mass is 32.2. The first-order chi connectivity index (χ1) is 6.79. The molecular weight excluding hydrogens is 254 g/mol. The van der Waals surface area contributed by atoms with Crippen molar-refractivity contribution in [1.29, 1.82) is 0 Å². The monoisotopic (exact) mass is 264 g/mol. The van der Waals surface area contributed by atoms with Crippen molar-refractivity contribution in [2.45, 2.75) is 35.7 Å². The van der Waals surface area contributed by atoms with Crippen LogP contribution in [0.4, 0.5) is 13.2 Å². The Labute approximate surface area is 89.3 Å². The average molecular weight is 264 g/mol. The Morgan fingerprint density at radius 1 is 1.47 bits per heavy atom. The van der Waals surface area contributed by atoms with E-state index >= 15 is 0 Å². The van der Waals surface area contributed by atoms with Crippen LogP contribution < -0.4 is 5.73 Å². The maximum absolute atomic E-state index is 12.4. The van der Waals surface area contributed by atoms with Crippen molar-refractivity contribution in [2.24, 2.45) is 5.73 Å². The first kappa shape index (κ1) is 13.2. The van der Waals surface area contributed by atoms with Gasteiger partial charge in [0.15, 0.2) is 0 Å². The SMILES string of the molecule is NC1CC(O[P+](=O)O)CC(C(F)(F)F)S1. The Bertz CT molecular complexity index is 252. The molecule has 0 amide bonds. The molecule has 0 spiro atoms. The molecule has 4 unspecified atom stereocenters. The molecule has 0 saturated carbocycles. The van der Waals surface area contributed by atoms with Gasteiger partial charge in [0, 0.05) is 11.0 Å². The molecule has 1 heterocycles. The zero-order valence-electron chi connectivity index (χ0n) is 7.48. The molecule has 1 aliphatic heterocycles. The maximum Gasteiger partial charge on any atom is 0.694 e. The van der Waals surface area contributed by atoms with E-state index in [0.717, 1.165) is 0 Å². The summed E-state index contributed by atoms with van der Waals surface area (Å²) in [6.45, 7) is 0. The zero-order chi connectivity index (χ0) is 11.6. The Morgan fingerprint density at radius 3 is 2.53 bits per heavy atom. The van der Waals surface area contributed by atoms with Gasteiger partial charge in [-0.25, -0.2) is 0 Å². The molecule has 4 atom stereocenters. The molecule has 1 saturated heterocycles. The molecule has 1 rings (SSSR count). The minimum absolute atomic E-state index is 0.152. The van der Waals surface area contributed by atoms with Crippen molar-refractivity contribution in [3.63, 3.8) is 0 Å². The van der Waals surface area contributed by atoms with Gasteiger partial charge >= 0.3 is 14.4 Å². The van der Waals surface area contributed by atoms with E-state index < -0.39 is 31.2 Å². The number of hydrogen-bond donors (Lipinski definition) is 2. The summed E-state index contributed by atoms with van der Waals surface area (Å²) in [5.74, 6) is 0. The van der Waals surface area contributed by atoms with Gasteiger partial charge in [0.25, 0.3) is 0 Å². The highest BCUT2D eigenvalue weighted by Crippen LogP contribution is 2.42. The molecule has 0 aromatic carbocycles. The summed E-state index contributed by atoms with van der Waals surface area (Å²) < 4.78 is 51.9. The van der Waals surface area contributed by atoms with Crippen molar-refractivity contribution >= 4 is 20.0 Å². The summed E-state index contributed by atoms with van der Waals surface area (Å²) in [4.78, 5) is 8.44. The minimum Gasteiger partial charge on any atom is -0.319 e. The lowest BCUT2D eigenvalue weighted by Crippen LogP contribution is -2.40. The van der Waals surface area contributed by atoms with Gasteiger partial charge in [-0.15, -0.1) is 21.2 Å². The van der Waals surface area contributed by atoms with Crippen LogP contribution in [0.3, 0.4) is 0 Å². The lowest BCUT2D eigenvalue weighted by Gasteiger charge is -2.30.